The molecule has 2 N–H and O–H groups in total. The van der Waals surface area contributed by atoms with Gasteiger partial charge in [-0.2, -0.15) is 0 Å². The van der Waals surface area contributed by atoms with Crippen LogP contribution in [0.4, 0.5) is 5.69 Å². The van der Waals surface area contributed by atoms with Crippen LogP contribution in [0.1, 0.15) is 18.9 Å². The summed E-state index contributed by atoms with van der Waals surface area (Å²) in [5, 5.41) is 3.28. The van der Waals surface area contributed by atoms with E-state index in [1.54, 1.807) is 17.0 Å². The van der Waals surface area contributed by atoms with Crippen molar-refractivity contribution in [2.45, 2.75) is 24.7 Å². The number of anilines is 1. The number of nitrogens with zero attached hydrogens (tertiary/aromatic N) is 2. The molecule has 0 saturated carbocycles. The summed E-state index contributed by atoms with van der Waals surface area (Å²) < 4.78 is 27.9. The first-order valence-electron chi connectivity index (χ1n) is 8.81. The van der Waals surface area contributed by atoms with Gasteiger partial charge in [0.15, 0.2) is 0 Å². The topological polar surface area (TPSA) is 81.8 Å². The number of fused-ring (bicyclic) bond motifs is 1. The van der Waals surface area contributed by atoms with Crippen LogP contribution in [0.25, 0.3) is 0 Å². The molecule has 0 atom stereocenters. The Morgan fingerprint density at radius 1 is 1.24 bits per heavy atom. The van der Waals surface area contributed by atoms with Crippen molar-refractivity contribution in [1.82, 2.24) is 14.9 Å². The second kappa shape index (κ2) is 7.82. The van der Waals surface area contributed by atoms with Gasteiger partial charge in [-0.1, -0.05) is 6.07 Å². The minimum Gasteiger partial charge on any atom is -0.314 e. The predicted octanol–water partition coefficient (Wildman–Crippen LogP) is 0.169. The summed E-state index contributed by atoms with van der Waals surface area (Å²) in [6.07, 6.45) is 1.78. The summed E-state index contributed by atoms with van der Waals surface area (Å²) in [5.74, 6) is -0.0536. The maximum atomic E-state index is 12.6. The van der Waals surface area contributed by atoms with Crippen molar-refractivity contribution < 1.29 is 13.2 Å². The van der Waals surface area contributed by atoms with Gasteiger partial charge in [0.1, 0.15) is 0 Å². The largest absolute Gasteiger partial charge is 0.314 e. The molecule has 3 rings (SSSR count). The molecule has 0 bridgehead atoms. The Morgan fingerprint density at radius 3 is 2.72 bits per heavy atom. The number of carbonyl (C=O) groups excluding carboxylic acids is 1. The fraction of sp³-hybridized carbons (Fsp3) is 0.588. The summed E-state index contributed by atoms with van der Waals surface area (Å²) in [6, 6.07) is 5.09. The van der Waals surface area contributed by atoms with Crippen molar-refractivity contribution in [1.29, 1.82) is 0 Å². The van der Waals surface area contributed by atoms with Crippen LogP contribution in [0.15, 0.2) is 23.1 Å². The summed E-state index contributed by atoms with van der Waals surface area (Å²) in [7, 11) is -3.57. The molecule has 0 unspecified atom stereocenters. The van der Waals surface area contributed by atoms with E-state index >= 15 is 0 Å². The van der Waals surface area contributed by atoms with Gasteiger partial charge in [-0.15, -0.1) is 0 Å². The lowest BCUT2D eigenvalue weighted by atomic mass is 10.0. The molecule has 1 aromatic rings. The third-order valence-corrected chi connectivity index (χ3v) is 6.25. The number of hydrogen-bond donors (Lipinski definition) is 2. The Kier molecular flexibility index (Phi) is 5.73. The molecule has 0 aromatic heterocycles. The van der Waals surface area contributed by atoms with E-state index in [-0.39, 0.29) is 10.8 Å². The van der Waals surface area contributed by atoms with Gasteiger partial charge < -0.3 is 10.2 Å². The van der Waals surface area contributed by atoms with Crippen LogP contribution in [0, 0.1) is 0 Å². The average molecular weight is 366 g/mol. The zero-order valence-corrected chi connectivity index (χ0v) is 15.4. The van der Waals surface area contributed by atoms with Crippen LogP contribution in [-0.2, 0) is 21.2 Å². The minimum absolute atomic E-state index is 0.0536. The van der Waals surface area contributed by atoms with Crippen LogP contribution < -0.4 is 14.9 Å². The molecular weight excluding hydrogens is 340 g/mol. The maximum Gasteiger partial charge on any atom is 0.240 e. The molecule has 1 fully saturated rings. The third kappa shape index (κ3) is 4.38. The quantitative estimate of drug-likeness (QED) is 0.776. The zero-order chi connectivity index (χ0) is 17.9. The highest BCUT2D eigenvalue weighted by Crippen LogP contribution is 2.29. The van der Waals surface area contributed by atoms with Crippen molar-refractivity contribution in [2.24, 2.45) is 0 Å². The first-order valence-corrected chi connectivity index (χ1v) is 10.3. The molecule has 1 aromatic carbocycles. The first-order chi connectivity index (χ1) is 12.0. The van der Waals surface area contributed by atoms with Gasteiger partial charge in [-0.05, 0) is 30.5 Å². The van der Waals surface area contributed by atoms with E-state index in [2.05, 4.69) is 14.9 Å². The lowest BCUT2D eigenvalue weighted by molar-refractivity contribution is -0.116. The van der Waals surface area contributed by atoms with Gasteiger partial charge in [-0.25, -0.2) is 13.1 Å². The van der Waals surface area contributed by atoms with Crippen LogP contribution in [0.5, 0.6) is 0 Å². The Labute approximate surface area is 149 Å². The van der Waals surface area contributed by atoms with E-state index in [9.17, 15) is 13.2 Å². The average Bonchev–Trinajstić information content (AvgIpc) is 2.61. The fourth-order valence-electron chi connectivity index (χ4n) is 3.40. The van der Waals surface area contributed by atoms with Gasteiger partial charge in [0.05, 0.1) is 4.90 Å². The molecule has 7 nitrogen and oxygen atoms in total. The van der Waals surface area contributed by atoms with Crippen LogP contribution in [0.2, 0.25) is 0 Å². The Hall–Kier alpha value is -1.48. The number of carbonyl (C=O) groups is 1. The standard InChI is InChI=1S/C17H26N4O3S/c1-14(22)21-9-2-3-15-4-5-16(13-17(15)21)25(23,24)19-8-12-20-10-6-18-7-11-20/h4-5,13,18-19H,2-3,6-12H2,1H3. The monoisotopic (exact) mass is 366 g/mol. The van der Waals surface area contributed by atoms with E-state index in [1.807, 2.05) is 6.07 Å². The summed E-state index contributed by atoms with van der Waals surface area (Å²) >= 11 is 0. The van der Waals surface area contributed by atoms with Gasteiger partial charge in [0, 0.05) is 58.4 Å². The van der Waals surface area contributed by atoms with E-state index in [4.69, 9.17) is 0 Å². The number of nitrogens with one attached hydrogen (secondary N) is 2. The number of benzene rings is 1. The highest BCUT2D eigenvalue weighted by molar-refractivity contribution is 7.89. The number of amides is 1. The molecule has 25 heavy (non-hydrogen) atoms. The predicted molar refractivity (Wildman–Crippen MR) is 97.3 cm³/mol. The van der Waals surface area contributed by atoms with E-state index in [0.717, 1.165) is 50.3 Å². The second-order valence-corrected chi connectivity index (χ2v) is 8.32. The number of piperazine rings is 1. The molecule has 2 aliphatic heterocycles. The van der Waals surface area contributed by atoms with Crippen LogP contribution in [0.3, 0.4) is 0 Å². The minimum atomic E-state index is -3.57. The van der Waals surface area contributed by atoms with Crippen molar-refractivity contribution in [3.8, 4) is 0 Å². The van der Waals surface area contributed by atoms with E-state index in [0.29, 0.717) is 19.6 Å². The Morgan fingerprint density at radius 2 is 2.00 bits per heavy atom. The zero-order valence-electron chi connectivity index (χ0n) is 14.6. The van der Waals surface area contributed by atoms with Gasteiger partial charge in [-0.3, -0.25) is 9.69 Å². The lowest BCUT2D eigenvalue weighted by Crippen LogP contribution is -2.46. The number of aryl methyl sites for hydroxylation is 1. The summed E-state index contributed by atoms with van der Waals surface area (Å²) in [6.45, 7) is 7.00. The smallest absolute Gasteiger partial charge is 0.240 e. The highest BCUT2D eigenvalue weighted by atomic mass is 32.2. The first kappa shape index (κ1) is 18.3. The summed E-state index contributed by atoms with van der Waals surface area (Å²) in [5.41, 5.74) is 1.75. The Bertz CT molecular complexity index is 729. The lowest BCUT2D eigenvalue weighted by Gasteiger charge is -2.29. The number of rotatable bonds is 5. The van der Waals surface area contributed by atoms with E-state index < -0.39 is 10.0 Å². The number of sulfonamides is 1. The van der Waals surface area contributed by atoms with Crippen molar-refractivity contribution in [2.75, 3.05) is 50.7 Å². The molecular formula is C17H26N4O3S. The molecule has 0 aliphatic carbocycles. The molecule has 138 valence electrons. The highest BCUT2D eigenvalue weighted by Gasteiger charge is 2.23. The fourth-order valence-corrected chi connectivity index (χ4v) is 4.45. The molecule has 0 radical (unpaired) electrons. The third-order valence-electron chi connectivity index (χ3n) is 4.80. The van der Waals surface area contributed by atoms with Gasteiger partial charge in [0.25, 0.3) is 0 Å². The second-order valence-electron chi connectivity index (χ2n) is 6.55. The van der Waals surface area contributed by atoms with Crippen molar-refractivity contribution in [3.05, 3.63) is 23.8 Å². The van der Waals surface area contributed by atoms with E-state index in [1.165, 1.54) is 6.92 Å². The number of hydrogen-bond acceptors (Lipinski definition) is 5. The maximum absolute atomic E-state index is 12.6. The molecule has 0 spiro atoms. The summed E-state index contributed by atoms with van der Waals surface area (Å²) in [4.78, 5) is 15.9. The normalized spacial score (nSPS) is 18.8. The van der Waals surface area contributed by atoms with Gasteiger partial charge >= 0.3 is 0 Å². The van der Waals surface area contributed by atoms with Gasteiger partial charge in [0.2, 0.25) is 15.9 Å². The molecule has 2 heterocycles. The molecule has 1 saturated heterocycles. The molecule has 2 aliphatic rings. The Balaban J connectivity index is 1.69. The SMILES string of the molecule is CC(=O)N1CCCc2ccc(S(=O)(=O)NCCN3CCNCC3)cc21. The molecule has 1 amide bonds. The van der Waals surface area contributed by atoms with Crippen molar-refractivity contribution in [3.63, 3.8) is 0 Å². The van der Waals surface area contributed by atoms with Crippen LogP contribution >= 0.6 is 0 Å². The van der Waals surface area contributed by atoms with Crippen molar-refractivity contribution >= 4 is 21.6 Å². The molecule has 8 heteroatoms. The van der Waals surface area contributed by atoms with Crippen LogP contribution in [-0.4, -0.2) is 65.0 Å².